The minimum absolute atomic E-state index is 0.00606. The summed E-state index contributed by atoms with van der Waals surface area (Å²) in [4.78, 5) is 18.2. The van der Waals surface area contributed by atoms with Crippen molar-refractivity contribution in [3.8, 4) is 11.4 Å². The maximum atomic E-state index is 4.62. The normalized spacial score (nSPS) is 13.0. The number of fused-ring (bicyclic) bond motifs is 6. The molecule has 0 N–H and O–H groups in total. The molecule has 1 aromatic heterocycles. The highest BCUT2D eigenvalue weighted by molar-refractivity contribution is 7.00. The Morgan fingerprint density at radius 3 is 1.32 bits per heavy atom. The van der Waals surface area contributed by atoms with Gasteiger partial charge in [0.1, 0.15) is 12.7 Å². The van der Waals surface area contributed by atoms with Gasteiger partial charge in [0.25, 0.3) is 6.71 Å². The van der Waals surface area contributed by atoms with E-state index in [1.807, 2.05) is 0 Å². The van der Waals surface area contributed by atoms with Crippen LogP contribution in [-0.4, -0.2) is 21.7 Å². The standard InChI is InChI=1S/C41H26BN5/c1-3-15-32(16-4-1)46-36-21-29-13-9-7-11-27(29)19-34(36)42-35-20-28-12-8-10-14-30(28)22-37(35)47(33-17-5-2-6-18-33)39-24-31(23-38(46)40(39)42)41-44-25-43-26-45-41/h1-26H. The molecule has 0 fully saturated rings. The molecule has 8 aromatic rings. The van der Waals surface area contributed by atoms with Crippen molar-refractivity contribution in [2.75, 3.05) is 9.80 Å². The molecule has 0 saturated heterocycles. The first-order valence-electron chi connectivity index (χ1n) is 15.9. The molecule has 7 aromatic carbocycles. The first kappa shape index (κ1) is 26.0. The van der Waals surface area contributed by atoms with E-state index < -0.39 is 0 Å². The predicted molar refractivity (Wildman–Crippen MR) is 194 cm³/mol. The Kier molecular flexibility index (Phi) is 5.60. The van der Waals surface area contributed by atoms with E-state index in [9.17, 15) is 0 Å². The van der Waals surface area contributed by atoms with Crippen LogP contribution in [0.3, 0.4) is 0 Å². The summed E-state index contributed by atoms with van der Waals surface area (Å²) in [5.41, 5.74) is 11.6. The minimum atomic E-state index is 0.00606. The molecule has 10 rings (SSSR count). The smallest absolute Gasteiger partial charge is 0.252 e. The lowest BCUT2D eigenvalue weighted by molar-refractivity contribution is 1.05. The summed E-state index contributed by atoms with van der Waals surface area (Å²) >= 11 is 0. The van der Waals surface area contributed by atoms with Crippen molar-refractivity contribution in [1.29, 1.82) is 0 Å². The predicted octanol–water partition coefficient (Wildman–Crippen LogP) is 7.93. The maximum absolute atomic E-state index is 4.62. The van der Waals surface area contributed by atoms with Gasteiger partial charge in [0.05, 0.1) is 0 Å². The summed E-state index contributed by atoms with van der Waals surface area (Å²) in [6.45, 7) is 0.00606. The summed E-state index contributed by atoms with van der Waals surface area (Å²) in [6, 6.07) is 52.8. The molecule has 0 aliphatic carbocycles. The van der Waals surface area contributed by atoms with Crippen molar-refractivity contribution in [2.45, 2.75) is 0 Å². The van der Waals surface area contributed by atoms with Crippen LogP contribution in [0.5, 0.6) is 0 Å². The number of para-hydroxylation sites is 2. The zero-order chi connectivity index (χ0) is 30.9. The lowest BCUT2D eigenvalue weighted by Gasteiger charge is -2.44. The van der Waals surface area contributed by atoms with E-state index in [0.29, 0.717) is 5.82 Å². The zero-order valence-electron chi connectivity index (χ0n) is 25.3. The number of hydrogen-bond acceptors (Lipinski definition) is 5. The summed E-state index contributed by atoms with van der Waals surface area (Å²) in [5.74, 6) is 0.644. The third-order valence-electron chi connectivity index (χ3n) is 9.58. The Balaban J connectivity index is 1.39. The van der Waals surface area contributed by atoms with Crippen LogP contribution in [0.2, 0.25) is 0 Å². The van der Waals surface area contributed by atoms with Crippen LogP contribution < -0.4 is 26.2 Å². The molecular weight excluding hydrogens is 573 g/mol. The number of hydrogen-bond donors (Lipinski definition) is 0. The number of nitrogens with zero attached hydrogens (tertiary/aromatic N) is 5. The molecule has 0 unspecified atom stereocenters. The van der Waals surface area contributed by atoms with Crippen LogP contribution in [0.4, 0.5) is 34.1 Å². The molecule has 0 saturated carbocycles. The Bertz CT molecular complexity index is 2330. The third-order valence-corrected chi connectivity index (χ3v) is 9.58. The van der Waals surface area contributed by atoms with Crippen molar-refractivity contribution in [3.05, 3.63) is 158 Å². The van der Waals surface area contributed by atoms with Crippen LogP contribution in [-0.2, 0) is 0 Å². The fourth-order valence-electron chi connectivity index (χ4n) is 7.60. The molecule has 0 atom stereocenters. The quantitative estimate of drug-likeness (QED) is 0.193. The van der Waals surface area contributed by atoms with Gasteiger partial charge in [-0.2, -0.15) is 0 Å². The maximum Gasteiger partial charge on any atom is 0.252 e. The second-order valence-electron chi connectivity index (χ2n) is 12.2. The first-order valence-corrected chi connectivity index (χ1v) is 15.9. The molecule has 2 aliphatic rings. The van der Waals surface area contributed by atoms with Gasteiger partial charge in [-0.25, -0.2) is 15.0 Å². The van der Waals surface area contributed by atoms with E-state index in [2.05, 4.69) is 170 Å². The Labute approximate surface area is 272 Å². The van der Waals surface area contributed by atoms with Crippen LogP contribution >= 0.6 is 0 Å². The molecule has 0 amide bonds. The zero-order valence-corrected chi connectivity index (χ0v) is 25.3. The number of benzene rings is 7. The monoisotopic (exact) mass is 599 g/mol. The summed E-state index contributed by atoms with van der Waals surface area (Å²) < 4.78 is 0. The van der Waals surface area contributed by atoms with Crippen LogP contribution in [0.25, 0.3) is 32.9 Å². The first-order chi connectivity index (χ1) is 23.3. The number of rotatable bonds is 3. The SMILES string of the molecule is c1ccc(N2c3cc4ccccc4cc3B3c4cc5ccccc5cc4N(c4ccccc4)c4cc(-c5ncncn5)cc2c43)cc1. The van der Waals surface area contributed by atoms with Gasteiger partial charge in [-0.15, -0.1) is 0 Å². The summed E-state index contributed by atoms with van der Waals surface area (Å²) in [6.07, 6.45) is 3.14. The van der Waals surface area contributed by atoms with E-state index in [1.54, 1.807) is 12.7 Å². The second-order valence-corrected chi connectivity index (χ2v) is 12.2. The van der Waals surface area contributed by atoms with E-state index in [4.69, 9.17) is 0 Å². The van der Waals surface area contributed by atoms with Gasteiger partial charge in [-0.1, -0.05) is 97.1 Å². The molecule has 0 radical (unpaired) electrons. The molecule has 5 nitrogen and oxygen atoms in total. The van der Waals surface area contributed by atoms with Gasteiger partial charge in [-0.3, -0.25) is 0 Å². The fraction of sp³-hybridized carbons (Fsp3) is 0. The van der Waals surface area contributed by atoms with Gasteiger partial charge in [0, 0.05) is 39.7 Å². The van der Waals surface area contributed by atoms with Crippen molar-refractivity contribution >= 4 is 78.8 Å². The molecule has 3 heterocycles. The Morgan fingerprint density at radius 1 is 0.426 bits per heavy atom. The van der Waals surface area contributed by atoms with Gasteiger partial charge in [0.2, 0.25) is 0 Å². The minimum Gasteiger partial charge on any atom is -0.311 e. The number of aromatic nitrogens is 3. The van der Waals surface area contributed by atoms with E-state index in [1.165, 1.54) is 49.3 Å². The molecular formula is C41H26BN5. The highest BCUT2D eigenvalue weighted by atomic mass is 15.2. The van der Waals surface area contributed by atoms with Gasteiger partial charge in [-0.05, 0) is 86.5 Å². The highest BCUT2D eigenvalue weighted by Gasteiger charge is 2.44. The fourth-order valence-corrected chi connectivity index (χ4v) is 7.60. The molecule has 0 bridgehead atoms. The lowest BCUT2D eigenvalue weighted by atomic mass is 9.33. The van der Waals surface area contributed by atoms with Crippen molar-refractivity contribution in [1.82, 2.24) is 15.0 Å². The molecule has 6 heteroatoms. The lowest BCUT2D eigenvalue weighted by Crippen LogP contribution is -2.61. The number of anilines is 6. The molecule has 47 heavy (non-hydrogen) atoms. The van der Waals surface area contributed by atoms with E-state index >= 15 is 0 Å². The van der Waals surface area contributed by atoms with Crippen molar-refractivity contribution in [3.63, 3.8) is 0 Å². The van der Waals surface area contributed by atoms with E-state index in [0.717, 1.165) is 28.3 Å². The van der Waals surface area contributed by atoms with Gasteiger partial charge < -0.3 is 9.80 Å². The van der Waals surface area contributed by atoms with Gasteiger partial charge >= 0.3 is 0 Å². The van der Waals surface area contributed by atoms with Crippen LogP contribution in [0, 0.1) is 0 Å². The summed E-state index contributed by atoms with van der Waals surface area (Å²) in [7, 11) is 0. The van der Waals surface area contributed by atoms with Crippen molar-refractivity contribution in [2.24, 2.45) is 0 Å². The average Bonchev–Trinajstić information content (AvgIpc) is 3.14. The van der Waals surface area contributed by atoms with Gasteiger partial charge in [0.15, 0.2) is 5.82 Å². The molecule has 2 aliphatic heterocycles. The Hall–Kier alpha value is -6.27. The largest absolute Gasteiger partial charge is 0.311 e. The van der Waals surface area contributed by atoms with E-state index in [-0.39, 0.29) is 6.71 Å². The average molecular weight is 600 g/mol. The highest BCUT2D eigenvalue weighted by Crippen LogP contribution is 2.46. The summed E-state index contributed by atoms with van der Waals surface area (Å²) in [5, 5.41) is 4.90. The Morgan fingerprint density at radius 2 is 0.851 bits per heavy atom. The van der Waals surface area contributed by atoms with Crippen molar-refractivity contribution < 1.29 is 0 Å². The topological polar surface area (TPSA) is 45.2 Å². The van der Waals surface area contributed by atoms with Crippen LogP contribution in [0.15, 0.2) is 158 Å². The molecule has 0 spiro atoms. The second kappa shape index (κ2) is 10.1. The molecule has 218 valence electrons. The van der Waals surface area contributed by atoms with Crippen LogP contribution in [0.1, 0.15) is 0 Å². The third kappa shape index (κ3) is 3.95.